The molecule has 0 amide bonds. The zero-order valence-corrected chi connectivity index (χ0v) is 18.9. The molecule has 0 N–H and O–H groups in total. The summed E-state index contributed by atoms with van der Waals surface area (Å²) >= 11 is 0. The van der Waals surface area contributed by atoms with Crippen molar-refractivity contribution in [3.8, 4) is 0 Å². The predicted octanol–water partition coefficient (Wildman–Crippen LogP) is 6.43. The van der Waals surface area contributed by atoms with Crippen molar-refractivity contribution in [1.29, 1.82) is 0 Å². The standard InChI is InChI=1S/C25H40NO/c1-11-13-14-25(9,12-2)18-26-17-19(3)22(16-24(6,7)8)15-23(26)20(4)21(5)27-10/h13-15,17H,4-5,11-12,16,18H2,1-3,6-10H3/q+1/b14-13-. The minimum atomic E-state index is 0.0993. The van der Waals surface area contributed by atoms with E-state index in [2.05, 4.69) is 90.6 Å². The molecule has 0 spiro atoms. The lowest BCUT2D eigenvalue weighted by atomic mass is 9.85. The first-order chi connectivity index (χ1) is 12.5. The van der Waals surface area contributed by atoms with Crippen molar-refractivity contribution >= 4 is 5.57 Å². The van der Waals surface area contributed by atoms with Crippen molar-refractivity contribution in [3.05, 3.63) is 60.2 Å². The van der Waals surface area contributed by atoms with Crippen molar-refractivity contribution < 1.29 is 9.30 Å². The second-order valence-electron chi connectivity index (χ2n) is 9.16. The van der Waals surface area contributed by atoms with Gasteiger partial charge in [-0.3, -0.25) is 0 Å². The molecule has 1 rings (SSSR count). The third-order valence-corrected chi connectivity index (χ3v) is 5.18. The molecule has 1 unspecified atom stereocenters. The van der Waals surface area contributed by atoms with Gasteiger partial charge in [0.15, 0.2) is 12.7 Å². The Balaban J connectivity index is 3.48. The highest BCUT2D eigenvalue weighted by atomic mass is 16.5. The van der Waals surface area contributed by atoms with Gasteiger partial charge in [0.2, 0.25) is 5.69 Å². The molecule has 0 radical (unpaired) electrons. The number of rotatable bonds is 9. The van der Waals surface area contributed by atoms with Gasteiger partial charge in [0, 0.05) is 17.0 Å². The maximum Gasteiger partial charge on any atom is 0.215 e. The van der Waals surface area contributed by atoms with E-state index in [0.717, 1.165) is 37.1 Å². The zero-order chi connectivity index (χ0) is 20.8. The molecule has 1 aromatic heterocycles. The highest BCUT2D eigenvalue weighted by molar-refractivity contribution is 5.71. The van der Waals surface area contributed by atoms with E-state index < -0.39 is 0 Å². The number of aromatic nitrogens is 1. The summed E-state index contributed by atoms with van der Waals surface area (Å²) in [5.41, 5.74) is 4.96. The number of pyridine rings is 1. The molecule has 27 heavy (non-hydrogen) atoms. The zero-order valence-electron chi connectivity index (χ0n) is 18.9. The molecule has 0 aliphatic heterocycles. The highest BCUT2D eigenvalue weighted by Gasteiger charge is 2.29. The second kappa shape index (κ2) is 9.39. The molecular weight excluding hydrogens is 330 g/mol. The van der Waals surface area contributed by atoms with Crippen molar-refractivity contribution in [3.63, 3.8) is 0 Å². The molecule has 0 aromatic carbocycles. The van der Waals surface area contributed by atoms with E-state index >= 15 is 0 Å². The van der Waals surface area contributed by atoms with Gasteiger partial charge in [0.1, 0.15) is 5.76 Å². The number of hydrogen-bond donors (Lipinski definition) is 0. The summed E-state index contributed by atoms with van der Waals surface area (Å²) in [6, 6.07) is 2.28. The van der Waals surface area contributed by atoms with E-state index in [0.29, 0.717) is 5.76 Å². The van der Waals surface area contributed by atoms with Gasteiger partial charge in [-0.15, -0.1) is 0 Å². The third-order valence-electron chi connectivity index (χ3n) is 5.18. The molecule has 0 saturated heterocycles. The number of aryl methyl sites for hydroxylation is 1. The Morgan fingerprint density at radius 3 is 2.30 bits per heavy atom. The number of methoxy groups -OCH3 is 1. The third kappa shape index (κ3) is 6.68. The van der Waals surface area contributed by atoms with E-state index in [1.807, 2.05) is 0 Å². The summed E-state index contributed by atoms with van der Waals surface area (Å²) in [5.74, 6) is 0.622. The Morgan fingerprint density at radius 2 is 1.81 bits per heavy atom. The fourth-order valence-corrected chi connectivity index (χ4v) is 3.24. The molecule has 150 valence electrons. The number of nitrogens with zero attached hydrogens (tertiary/aromatic N) is 1. The van der Waals surface area contributed by atoms with Crippen LogP contribution >= 0.6 is 0 Å². The first kappa shape index (κ1) is 23.2. The van der Waals surface area contributed by atoms with Gasteiger partial charge in [-0.1, -0.05) is 66.9 Å². The van der Waals surface area contributed by atoms with Crippen LogP contribution in [0, 0.1) is 17.8 Å². The molecule has 0 aliphatic rings. The van der Waals surface area contributed by atoms with Crippen LogP contribution in [0.3, 0.4) is 0 Å². The fourth-order valence-electron chi connectivity index (χ4n) is 3.24. The highest BCUT2D eigenvalue weighted by Crippen LogP contribution is 2.28. The number of allylic oxidation sites excluding steroid dienone is 3. The summed E-state index contributed by atoms with van der Waals surface area (Å²) in [6.07, 6.45) is 10.1. The predicted molar refractivity (Wildman–Crippen MR) is 118 cm³/mol. The second-order valence-corrected chi connectivity index (χ2v) is 9.16. The van der Waals surface area contributed by atoms with Crippen molar-refractivity contribution in [2.75, 3.05) is 7.11 Å². The molecule has 2 nitrogen and oxygen atoms in total. The molecule has 0 fully saturated rings. The summed E-state index contributed by atoms with van der Waals surface area (Å²) < 4.78 is 7.72. The average molecular weight is 371 g/mol. The normalized spacial score (nSPS) is 14.2. The van der Waals surface area contributed by atoms with E-state index in [4.69, 9.17) is 4.74 Å². The molecule has 0 aliphatic carbocycles. The Labute approximate surface area is 167 Å². The lowest BCUT2D eigenvalue weighted by Gasteiger charge is -2.24. The lowest BCUT2D eigenvalue weighted by molar-refractivity contribution is -0.709. The molecule has 1 heterocycles. The van der Waals surface area contributed by atoms with Crippen LogP contribution in [0.15, 0.2) is 43.3 Å². The maximum absolute atomic E-state index is 5.39. The Kier molecular flexibility index (Phi) is 8.07. The molecule has 0 bridgehead atoms. The van der Waals surface area contributed by atoms with Gasteiger partial charge >= 0.3 is 0 Å². The van der Waals surface area contributed by atoms with Gasteiger partial charge in [0.25, 0.3) is 0 Å². The van der Waals surface area contributed by atoms with Crippen LogP contribution in [-0.2, 0) is 17.7 Å². The van der Waals surface area contributed by atoms with Crippen LogP contribution < -0.4 is 4.57 Å². The van der Waals surface area contributed by atoms with Crippen LogP contribution in [0.5, 0.6) is 0 Å². The van der Waals surface area contributed by atoms with Gasteiger partial charge in [0.05, 0.1) is 12.7 Å². The molecule has 2 heteroatoms. The minimum Gasteiger partial charge on any atom is -0.497 e. The van der Waals surface area contributed by atoms with Crippen LogP contribution in [-0.4, -0.2) is 7.11 Å². The van der Waals surface area contributed by atoms with Crippen molar-refractivity contribution in [2.24, 2.45) is 10.8 Å². The monoisotopic (exact) mass is 370 g/mol. The Hall–Kier alpha value is -1.83. The number of hydrogen-bond acceptors (Lipinski definition) is 1. The summed E-state index contributed by atoms with van der Waals surface area (Å²) in [5, 5.41) is 0. The van der Waals surface area contributed by atoms with Gasteiger partial charge in [-0.25, -0.2) is 0 Å². The van der Waals surface area contributed by atoms with Crippen LogP contribution in [0.1, 0.15) is 71.2 Å². The first-order valence-electron chi connectivity index (χ1n) is 10.1. The SMILES string of the molecule is C=C(OC)C(=C)c1cc(CC(C)(C)C)c(C)c[n+]1CC(C)(/C=C\CC)CC. The minimum absolute atomic E-state index is 0.0993. The van der Waals surface area contributed by atoms with Crippen LogP contribution in [0.2, 0.25) is 0 Å². The largest absolute Gasteiger partial charge is 0.497 e. The lowest BCUT2D eigenvalue weighted by Crippen LogP contribution is -2.45. The van der Waals surface area contributed by atoms with Gasteiger partial charge in [-0.2, -0.15) is 4.57 Å². The maximum atomic E-state index is 5.39. The van der Waals surface area contributed by atoms with Gasteiger partial charge in [-0.05, 0) is 37.2 Å². The topological polar surface area (TPSA) is 13.1 Å². The molecule has 1 aromatic rings. The van der Waals surface area contributed by atoms with Crippen LogP contribution in [0.25, 0.3) is 5.57 Å². The van der Waals surface area contributed by atoms with E-state index in [1.54, 1.807) is 7.11 Å². The van der Waals surface area contributed by atoms with Crippen LogP contribution in [0.4, 0.5) is 0 Å². The van der Waals surface area contributed by atoms with E-state index in [-0.39, 0.29) is 10.8 Å². The van der Waals surface area contributed by atoms with Crippen molar-refractivity contribution in [1.82, 2.24) is 0 Å². The van der Waals surface area contributed by atoms with E-state index in [9.17, 15) is 0 Å². The quantitative estimate of drug-likeness (QED) is 0.211. The smallest absolute Gasteiger partial charge is 0.215 e. The van der Waals surface area contributed by atoms with Crippen molar-refractivity contribution in [2.45, 2.75) is 74.3 Å². The number of ether oxygens (including phenoxy) is 1. The fraction of sp³-hybridized carbons (Fsp3) is 0.560. The molecule has 0 saturated carbocycles. The molecule has 1 atom stereocenters. The Bertz CT molecular complexity index is 706. The average Bonchev–Trinajstić information content (AvgIpc) is 2.59. The molecular formula is C25H40NO+. The Morgan fingerprint density at radius 1 is 1.19 bits per heavy atom. The summed E-state index contributed by atoms with van der Waals surface area (Å²) in [7, 11) is 1.66. The summed E-state index contributed by atoms with van der Waals surface area (Å²) in [4.78, 5) is 0. The summed E-state index contributed by atoms with van der Waals surface area (Å²) in [6.45, 7) is 25.0. The van der Waals surface area contributed by atoms with E-state index in [1.165, 1.54) is 11.1 Å². The first-order valence-corrected chi connectivity index (χ1v) is 10.1. The van der Waals surface area contributed by atoms with Gasteiger partial charge < -0.3 is 4.74 Å².